The highest BCUT2D eigenvalue weighted by atomic mass is 35.5. The van der Waals surface area contributed by atoms with Crippen LogP contribution in [0.25, 0.3) is 0 Å². The molecule has 0 saturated carbocycles. The SMILES string of the molecule is CNC(c1cc(C)ccc1C)c1cc(Cl)ccc1F. The number of hydrogen-bond donors (Lipinski definition) is 1. The molecule has 0 saturated heterocycles. The third-order valence-electron chi connectivity index (χ3n) is 3.30. The largest absolute Gasteiger partial charge is 0.309 e. The molecule has 0 amide bonds. The van der Waals surface area contributed by atoms with Gasteiger partial charge in [0, 0.05) is 10.6 Å². The first-order chi connectivity index (χ1) is 9.02. The molecule has 1 unspecified atom stereocenters. The Morgan fingerprint density at radius 3 is 2.47 bits per heavy atom. The average Bonchev–Trinajstić information content (AvgIpc) is 2.38. The van der Waals surface area contributed by atoms with Crippen LogP contribution < -0.4 is 5.32 Å². The molecule has 0 bridgehead atoms. The van der Waals surface area contributed by atoms with Crippen LogP contribution in [0.1, 0.15) is 28.3 Å². The molecule has 0 aromatic heterocycles. The minimum absolute atomic E-state index is 0.196. The van der Waals surface area contributed by atoms with Gasteiger partial charge in [-0.15, -0.1) is 0 Å². The average molecular weight is 278 g/mol. The van der Waals surface area contributed by atoms with Gasteiger partial charge in [-0.2, -0.15) is 0 Å². The van der Waals surface area contributed by atoms with Gasteiger partial charge in [0.05, 0.1) is 6.04 Å². The molecule has 0 heterocycles. The quantitative estimate of drug-likeness (QED) is 0.876. The van der Waals surface area contributed by atoms with Crippen molar-refractivity contribution < 1.29 is 4.39 Å². The molecule has 2 aromatic carbocycles. The van der Waals surface area contributed by atoms with Gasteiger partial charge in [0.2, 0.25) is 0 Å². The molecule has 2 aromatic rings. The summed E-state index contributed by atoms with van der Waals surface area (Å²) in [6.07, 6.45) is 0. The molecule has 100 valence electrons. The predicted molar refractivity (Wildman–Crippen MR) is 78.2 cm³/mol. The Morgan fingerprint density at radius 2 is 1.79 bits per heavy atom. The Bertz CT molecular complexity index is 544. The van der Waals surface area contributed by atoms with Gasteiger partial charge in [0.25, 0.3) is 0 Å². The fourth-order valence-corrected chi connectivity index (χ4v) is 2.47. The molecule has 2 rings (SSSR count). The van der Waals surface area contributed by atoms with Crippen LogP contribution in [0.15, 0.2) is 36.4 Å². The second-order valence-corrected chi connectivity index (χ2v) is 5.18. The van der Waals surface area contributed by atoms with Crippen LogP contribution in [0.5, 0.6) is 0 Å². The molecule has 0 aliphatic rings. The van der Waals surface area contributed by atoms with Crippen molar-refractivity contribution in [1.29, 1.82) is 0 Å². The fraction of sp³-hybridized carbons (Fsp3) is 0.250. The molecule has 0 fully saturated rings. The van der Waals surface area contributed by atoms with Crippen LogP contribution in [0, 0.1) is 19.7 Å². The van der Waals surface area contributed by atoms with E-state index >= 15 is 0 Å². The Labute approximate surface area is 118 Å². The van der Waals surface area contributed by atoms with E-state index in [2.05, 4.69) is 23.5 Å². The lowest BCUT2D eigenvalue weighted by Crippen LogP contribution is -2.20. The maximum Gasteiger partial charge on any atom is 0.128 e. The van der Waals surface area contributed by atoms with Gasteiger partial charge in [-0.25, -0.2) is 4.39 Å². The monoisotopic (exact) mass is 277 g/mol. The van der Waals surface area contributed by atoms with Gasteiger partial charge in [-0.1, -0.05) is 35.4 Å². The summed E-state index contributed by atoms with van der Waals surface area (Å²) in [6.45, 7) is 4.06. The lowest BCUT2D eigenvalue weighted by Gasteiger charge is -2.21. The molecule has 1 nitrogen and oxygen atoms in total. The maximum atomic E-state index is 14.0. The molecule has 0 aliphatic heterocycles. The molecule has 0 spiro atoms. The molecule has 3 heteroatoms. The van der Waals surface area contributed by atoms with Gasteiger partial charge in [0.1, 0.15) is 5.82 Å². The van der Waals surface area contributed by atoms with Gasteiger partial charge >= 0.3 is 0 Å². The van der Waals surface area contributed by atoms with Crippen LogP contribution in [0.4, 0.5) is 4.39 Å². The highest BCUT2D eigenvalue weighted by Gasteiger charge is 2.18. The van der Waals surface area contributed by atoms with Crippen molar-refractivity contribution in [2.24, 2.45) is 0 Å². The number of nitrogens with one attached hydrogen (secondary N) is 1. The first kappa shape index (κ1) is 14.0. The minimum Gasteiger partial charge on any atom is -0.309 e. The van der Waals surface area contributed by atoms with Gasteiger partial charge in [-0.3, -0.25) is 0 Å². The van der Waals surface area contributed by atoms with E-state index in [1.54, 1.807) is 12.1 Å². The van der Waals surface area contributed by atoms with Gasteiger partial charge in [-0.05, 0) is 50.2 Å². The Kier molecular flexibility index (Phi) is 4.23. The van der Waals surface area contributed by atoms with E-state index in [9.17, 15) is 4.39 Å². The van der Waals surface area contributed by atoms with E-state index in [4.69, 9.17) is 11.6 Å². The number of rotatable bonds is 3. The topological polar surface area (TPSA) is 12.0 Å². The first-order valence-corrected chi connectivity index (χ1v) is 6.60. The second kappa shape index (κ2) is 5.72. The van der Waals surface area contributed by atoms with Crippen molar-refractivity contribution in [1.82, 2.24) is 5.32 Å². The molecule has 1 atom stereocenters. The molecular formula is C16H17ClFN. The summed E-state index contributed by atoms with van der Waals surface area (Å²) in [5.41, 5.74) is 3.93. The molecule has 1 N–H and O–H groups in total. The van der Waals surface area contributed by atoms with Crippen LogP contribution in [-0.2, 0) is 0 Å². The van der Waals surface area contributed by atoms with Crippen LogP contribution >= 0.6 is 11.6 Å². The second-order valence-electron chi connectivity index (χ2n) is 4.75. The number of hydrogen-bond acceptors (Lipinski definition) is 1. The molecule has 0 aliphatic carbocycles. The van der Waals surface area contributed by atoms with Crippen molar-refractivity contribution in [3.8, 4) is 0 Å². The lowest BCUT2D eigenvalue weighted by atomic mass is 9.93. The lowest BCUT2D eigenvalue weighted by molar-refractivity contribution is 0.575. The van der Waals surface area contributed by atoms with Crippen molar-refractivity contribution in [2.75, 3.05) is 7.05 Å². The Morgan fingerprint density at radius 1 is 1.05 bits per heavy atom. The van der Waals surface area contributed by atoms with Crippen LogP contribution in [0.2, 0.25) is 5.02 Å². The van der Waals surface area contributed by atoms with Crippen LogP contribution in [0.3, 0.4) is 0 Å². The predicted octanol–water partition coefficient (Wildman–Crippen LogP) is 4.40. The third-order valence-corrected chi connectivity index (χ3v) is 3.54. The summed E-state index contributed by atoms with van der Waals surface area (Å²) in [5, 5.41) is 3.72. The van der Waals surface area contributed by atoms with E-state index < -0.39 is 0 Å². The molecule has 19 heavy (non-hydrogen) atoms. The van der Waals surface area contributed by atoms with E-state index in [1.165, 1.54) is 6.07 Å². The summed E-state index contributed by atoms with van der Waals surface area (Å²) in [4.78, 5) is 0. The third kappa shape index (κ3) is 2.96. The van der Waals surface area contributed by atoms with Gasteiger partial charge < -0.3 is 5.32 Å². The van der Waals surface area contributed by atoms with Crippen molar-refractivity contribution in [3.63, 3.8) is 0 Å². The van der Waals surface area contributed by atoms with Crippen molar-refractivity contribution >= 4 is 11.6 Å². The molecular weight excluding hydrogens is 261 g/mol. The Balaban J connectivity index is 2.55. The highest BCUT2D eigenvalue weighted by Crippen LogP contribution is 2.29. The van der Waals surface area contributed by atoms with Crippen molar-refractivity contribution in [3.05, 3.63) is 69.5 Å². The zero-order valence-corrected chi connectivity index (χ0v) is 12.1. The van der Waals surface area contributed by atoms with E-state index in [0.717, 1.165) is 16.7 Å². The van der Waals surface area contributed by atoms with E-state index in [1.807, 2.05) is 20.9 Å². The summed E-state index contributed by atoms with van der Waals surface area (Å²) >= 11 is 5.98. The van der Waals surface area contributed by atoms with Crippen LogP contribution in [-0.4, -0.2) is 7.05 Å². The standard InChI is InChI=1S/C16H17ClFN/c1-10-4-5-11(2)13(8-10)16(19-3)14-9-12(17)6-7-15(14)18/h4-9,16,19H,1-3H3. The fourth-order valence-electron chi connectivity index (χ4n) is 2.29. The summed E-state index contributed by atoms with van der Waals surface area (Å²) < 4.78 is 14.0. The van der Waals surface area contributed by atoms with E-state index in [0.29, 0.717) is 10.6 Å². The van der Waals surface area contributed by atoms with E-state index in [-0.39, 0.29) is 11.9 Å². The number of aryl methyl sites for hydroxylation is 2. The molecule has 0 radical (unpaired) electrons. The summed E-state index contributed by atoms with van der Waals surface area (Å²) in [5.74, 6) is -0.246. The minimum atomic E-state index is -0.246. The smallest absolute Gasteiger partial charge is 0.128 e. The summed E-state index contributed by atoms with van der Waals surface area (Å²) in [6, 6.07) is 10.6. The zero-order valence-electron chi connectivity index (χ0n) is 11.3. The zero-order chi connectivity index (χ0) is 14.0. The maximum absolute atomic E-state index is 14.0. The van der Waals surface area contributed by atoms with Crippen molar-refractivity contribution in [2.45, 2.75) is 19.9 Å². The highest BCUT2D eigenvalue weighted by molar-refractivity contribution is 6.30. The summed E-state index contributed by atoms with van der Waals surface area (Å²) in [7, 11) is 1.83. The van der Waals surface area contributed by atoms with Gasteiger partial charge in [0.15, 0.2) is 0 Å². The Hall–Kier alpha value is -1.38. The number of benzene rings is 2. The first-order valence-electron chi connectivity index (χ1n) is 6.22. The number of halogens is 2. The normalized spacial score (nSPS) is 12.5.